The summed E-state index contributed by atoms with van der Waals surface area (Å²) in [4.78, 5) is 2.81. The van der Waals surface area contributed by atoms with Gasteiger partial charge in [-0.05, 0) is 58.0 Å². The molecule has 2 fully saturated rings. The van der Waals surface area contributed by atoms with Crippen LogP contribution in [-0.4, -0.2) is 47.8 Å². The van der Waals surface area contributed by atoms with E-state index >= 15 is 0 Å². The van der Waals surface area contributed by atoms with Gasteiger partial charge in [0.15, 0.2) is 0 Å². The Morgan fingerprint density at radius 2 is 1.90 bits per heavy atom. The van der Waals surface area contributed by atoms with Gasteiger partial charge in [-0.3, -0.25) is 4.90 Å². The van der Waals surface area contributed by atoms with Crippen LogP contribution in [-0.2, 0) is 0 Å². The highest BCUT2D eigenvalue weighted by Gasteiger charge is 2.41. The summed E-state index contributed by atoms with van der Waals surface area (Å²) < 4.78 is 0. The molecule has 2 atom stereocenters. The van der Waals surface area contributed by atoms with E-state index in [4.69, 9.17) is 0 Å². The number of aliphatic hydroxyl groups is 1. The third-order valence-electron chi connectivity index (χ3n) is 5.64. The quantitative estimate of drug-likeness (QED) is 0.754. The summed E-state index contributed by atoms with van der Waals surface area (Å²) in [5.41, 5.74) is -0.0145. The van der Waals surface area contributed by atoms with Crippen molar-refractivity contribution in [2.24, 2.45) is 5.92 Å². The van der Waals surface area contributed by atoms with E-state index in [9.17, 15) is 5.11 Å². The lowest BCUT2D eigenvalue weighted by Crippen LogP contribution is -2.48. The van der Waals surface area contributed by atoms with Gasteiger partial charge in [0.25, 0.3) is 0 Å². The minimum Gasteiger partial charge on any atom is -0.394 e. The molecule has 2 unspecified atom stereocenters. The summed E-state index contributed by atoms with van der Waals surface area (Å²) in [5.74, 6) is 0.784. The Morgan fingerprint density at radius 1 is 1.20 bits per heavy atom. The molecule has 0 radical (unpaired) electrons. The molecular weight excluding hydrogens is 248 g/mol. The SMILES string of the molecule is CNC1(CO)CCC(N(CCC(C)C)C2CCCC2)C1. The zero-order valence-electron chi connectivity index (χ0n) is 13.7. The summed E-state index contributed by atoms with van der Waals surface area (Å²) in [7, 11) is 2.01. The van der Waals surface area contributed by atoms with E-state index in [1.807, 2.05) is 7.05 Å². The van der Waals surface area contributed by atoms with Crippen LogP contribution < -0.4 is 5.32 Å². The van der Waals surface area contributed by atoms with E-state index in [-0.39, 0.29) is 12.1 Å². The molecule has 0 aromatic rings. The molecule has 2 N–H and O–H groups in total. The van der Waals surface area contributed by atoms with Crippen LogP contribution in [0, 0.1) is 5.92 Å². The largest absolute Gasteiger partial charge is 0.394 e. The maximum absolute atomic E-state index is 9.72. The van der Waals surface area contributed by atoms with E-state index in [2.05, 4.69) is 24.1 Å². The fourth-order valence-electron chi connectivity index (χ4n) is 4.14. The van der Waals surface area contributed by atoms with Crippen molar-refractivity contribution in [1.82, 2.24) is 10.2 Å². The fourth-order valence-corrected chi connectivity index (χ4v) is 4.14. The van der Waals surface area contributed by atoms with Crippen LogP contribution in [0.15, 0.2) is 0 Å². The van der Waals surface area contributed by atoms with Crippen LogP contribution in [0.4, 0.5) is 0 Å². The minimum absolute atomic E-state index is 0.0145. The smallest absolute Gasteiger partial charge is 0.0613 e. The van der Waals surface area contributed by atoms with Crippen molar-refractivity contribution in [1.29, 1.82) is 0 Å². The number of rotatable bonds is 7. The second kappa shape index (κ2) is 7.24. The third kappa shape index (κ3) is 3.75. The normalized spacial score (nSPS) is 31.8. The molecule has 0 heterocycles. The molecule has 0 aliphatic heterocycles. The van der Waals surface area contributed by atoms with Gasteiger partial charge in [0.05, 0.1) is 6.61 Å². The van der Waals surface area contributed by atoms with E-state index in [1.54, 1.807) is 0 Å². The first-order valence-electron chi connectivity index (χ1n) is 8.66. The van der Waals surface area contributed by atoms with E-state index < -0.39 is 0 Å². The van der Waals surface area contributed by atoms with Gasteiger partial charge in [0.1, 0.15) is 0 Å². The Bertz CT molecular complexity index is 283. The molecule has 2 rings (SSSR count). The summed E-state index contributed by atoms with van der Waals surface area (Å²) in [5, 5.41) is 13.1. The minimum atomic E-state index is -0.0145. The first kappa shape index (κ1) is 16.3. The third-order valence-corrected chi connectivity index (χ3v) is 5.64. The van der Waals surface area contributed by atoms with Crippen molar-refractivity contribution in [2.45, 2.75) is 82.8 Å². The number of likely N-dealkylation sites (N-methyl/N-ethyl adjacent to an activating group) is 1. The van der Waals surface area contributed by atoms with Gasteiger partial charge in [-0.1, -0.05) is 26.7 Å². The Labute approximate surface area is 125 Å². The molecule has 0 aromatic heterocycles. The van der Waals surface area contributed by atoms with E-state index in [0.29, 0.717) is 6.04 Å². The number of hydrogen-bond donors (Lipinski definition) is 2. The second-order valence-electron chi connectivity index (χ2n) is 7.44. The van der Waals surface area contributed by atoms with Crippen molar-refractivity contribution in [3.63, 3.8) is 0 Å². The number of aliphatic hydroxyl groups excluding tert-OH is 1. The molecule has 0 aromatic carbocycles. The molecule has 0 bridgehead atoms. The number of hydrogen-bond acceptors (Lipinski definition) is 3. The summed E-state index contributed by atoms with van der Waals surface area (Å²) in [6.45, 7) is 6.18. The van der Waals surface area contributed by atoms with Crippen LogP contribution in [0.5, 0.6) is 0 Å². The van der Waals surface area contributed by atoms with Crippen molar-refractivity contribution in [3.05, 3.63) is 0 Å². The summed E-state index contributed by atoms with van der Waals surface area (Å²) in [6, 6.07) is 1.49. The molecule has 0 spiro atoms. The molecule has 118 valence electrons. The monoisotopic (exact) mass is 282 g/mol. The Hall–Kier alpha value is -0.120. The van der Waals surface area contributed by atoms with Crippen LogP contribution >= 0.6 is 0 Å². The Balaban J connectivity index is 1.99. The van der Waals surface area contributed by atoms with Crippen LogP contribution in [0.25, 0.3) is 0 Å². The lowest BCUT2D eigenvalue weighted by molar-refractivity contribution is 0.111. The van der Waals surface area contributed by atoms with Gasteiger partial charge in [-0.2, -0.15) is 0 Å². The molecule has 2 aliphatic carbocycles. The lowest BCUT2D eigenvalue weighted by Gasteiger charge is -2.36. The van der Waals surface area contributed by atoms with Gasteiger partial charge in [-0.25, -0.2) is 0 Å². The Morgan fingerprint density at radius 3 is 2.40 bits per heavy atom. The highest BCUT2D eigenvalue weighted by molar-refractivity contribution is 5.00. The molecular formula is C17H34N2O. The first-order valence-corrected chi connectivity index (χ1v) is 8.66. The number of nitrogens with zero attached hydrogens (tertiary/aromatic N) is 1. The summed E-state index contributed by atoms with van der Waals surface area (Å²) in [6.07, 6.45) is 10.4. The van der Waals surface area contributed by atoms with Gasteiger partial charge in [-0.15, -0.1) is 0 Å². The van der Waals surface area contributed by atoms with E-state index in [0.717, 1.165) is 24.8 Å². The molecule has 2 saturated carbocycles. The highest BCUT2D eigenvalue weighted by Crippen LogP contribution is 2.36. The predicted molar refractivity (Wildman–Crippen MR) is 84.9 cm³/mol. The van der Waals surface area contributed by atoms with Crippen molar-refractivity contribution < 1.29 is 5.11 Å². The molecule has 20 heavy (non-hydrogen) atoms. The van der Waals surface area contributed by atoms with Crippen molar-refractivity contribution in [2.75, 3.05) is 20.2 Å². The summed E-state index contributed by atoms with van der Waals surface area (Å²) >= 11 is 0. The molecule has 3 heteroatoms. The van der Waals surface area contributed by atoms with Gasteiger partial charge in [0.2, 0.25) is 0 Å². The molecule has 0 amide bonds. The first-order chi connectivity index (χ1) is 9.60. The van der Waals surface area contributed by atoms with Crippen molar-refractivity contribution >= 4 is 0 Å². The second-order valence-corrected chi connectivity index (χ2v) is 7.44. The molecule has 3 nitrogen and oxygen atoms in total. The fraction of sp³-hybridized carbons (Fsp3) is 1.00. The average Bonchev–Trinajstić information content (AvgIpc) is 3.09. The Kier molecular flexibility index (Phi) is 5.88. The zero-order valence-corrected chi connectivity index (χ0v) is 13.7. The van der Waals surface area contributed by atoms with Crippen molar-refractivity contribution in [3.8, 4) is 0 Å². The lowest BCUT2D eigenvalue weighted by atomic mass is 9.98. The zero-order chi connectivity index (χ0) is 14.6. The highest BCUT2D eigenvalue weighted by atomic mass is 16.3. The molecule has 2 aliphatic rings. The molecule has 0 saturated heterocycles. The van der Waals surface area contributed by atoms with Crippen LogP contribution in [0.2, 0.25) is 0 Å². The average molecular weight is 282 g/mol. The van der Waals surface area contributed by atoms with E-state index in [1.165, 1.54) is 45.1 Å². The van der Waals surface area contributed by atoms with Gasteiger partial charge >= 0.3 is 0 Å². The van der Waals surface area contributed by atoms with Crippen LogP contribution in [0.1, 0.15) is 65.2 Å². The van der Waals surface area contributed by atoms with Gasteiger partial charge < -0.3 is 10.4 Å². The predicted octanol–water partition coefficient (Wildman–Crippen LogP) is 2.78. The standard InChI is InChI=1S/C17H34N2O/c1-14(2)9-11-19(15-6-4-5-7-15)16-8-10-17(12-16,13-20)18-3/h14-16,18,20H,4-13H2,1-3H3. The number of nitrogens with one attached hydrogen (secondary N) is 1. The maximum atomic E-state index is 9.72. The van der Waals surface area contributed by atoms with Gasteiger partial charge in [0, 0.05) is 17.6 Å². The maximum Gasteiger partial charge on any atom is 0.0613 e. The van der Waals surface area contributed by atoms with Crippen LogP contribution in [0.3, 0.4) is 0 Å². The topological polar surface area (TPSA) is 35.5 Å².